The zero-order valence-corrected chi connectivity index (χ0v) is 22.3. The summed E-state index contributed by atoms with van der Waals surface area (Å²) in [4.78, 5) is 12.3. The molecule has 1 amide bonds. The first-order valence-electron chi connectivity index (χ1n) is 9.76. The second-order valence-electron chi connectivity index (χ2n) is 7.22. The fourth-order valence-corrected chi connectivity index (χ4v) is 5.41. The predicted molar refractivity (Wildman–Crippen MR) is 139 cm³/mol. The van der Waals surface area contributed by atoms with E-state index in [0.717, 1.165) is 21.7 Å². The Labute approximate surface area is 215 Å². The number of carbonyl (C=O) groups excluding carboxylic acids is 1. The van der Waals surface area contributed by atoms with E-state index in [4.69, 9.17) is 16.3 Å². The van der Waals surface area contributed by atoms with Crippen molar-refractivity contribution in [2.45, 2.75) is 19.3 Å². The van der Waals surface area contributed by atoms with E-state index in [0.29, 0.717) is 26.4 Å². The number of carbonyl (C=O) groups is 1. The number of halogens is 3. The van der Waals surface area contributed by atoms with E-state index < -0.39 is 15.9 Å². The molecule has 0 aliphatic rings. The van der Waals surface area contributed by atoms with E-state index in [9.17, 15) is 13.2 Å². The second-order valence-corrected chi connectivity index (χ2v) is 11.1. The van der Waals surface area contributed by atoms with Gasteiger partial charge in [-0.05, 0) is 54.5 Å². The molecule has 0 unspecified atom stereocenters. The van der Waals surface area contributed by atoms with Gasteiger partial charge in [0.2, 0.25) is 10.0 Å². The smallest absolute Gasteiger partial charge is 0.257 e. The summed E-state index contributed by atoms with van der Waals surface area (Å²) in [5, 5.41) is 0.594. The van der Waals surface area contributed by atoms with Gasteiger partial charge in [0, 0.05) is 31.2 Å². The number of sulfonamides is 1. The average molecular weight is 614 g/mol. The highest BCUT2D eigenvalue weighted by molar-refractivity contribution is 9.10. The van der Waals surface area contributed by atoms with Crippen LogP contribution in [0.5, 0.6) is 5.75 Å². The highest BCUT2D eigenvalue weighted by atomic mass is 79.9. The van der Waals surface area contributed by atoms with Crippen molar-refractivity contribution in [3.63, 3.8) is 0 Å². The Morgan fingerprint density at radius 1 is 1.06 bits per heavy atom. The zero-order valence-electron chi connectivity index (χ0n) is 17.5. The van der Waals surface area contributed by atoms with Crippen molar-refractivity contribution >= 4 is 65.5 Å². The number of rotatable bonds is 8. The lowest BCUT2D eigenvalue weighted by Crippen LogP contribution is -2.30. The van der Waals surface area contributed by atoms with E-state index in [2.05, 4.69) is 36.6 Å². The summed E-state index contributed by atoms with van der Waals surface area (Å²) < 4.78 is 34.3. The van der Waals surface area contributed by atoms with Gasteiger partial charge < -0.3 is 4.74 Å². The van der Waals surface area contributed by atoms with Gasteiger partial charge in [-0.3, -0.25) is 4.79 Å². The van der Waals surface area contributed by atoms with Gasteiger partial charge in [0.05, 0.1) is 5.75 Å². The Kier molecular flexibility index (Phi) is 8.75. The van der Waals surface area contributed by atoms with Crippen molar-refractivity contribution in [2.24, 2.45) is 0 Å². The molecular formula is C24H20Br2ClNO4S. The van der Waals surface area contributed by atoms with Gasteiger partial charge in [-0.15, -0.1) is 0 Å². The summed E-state index contributed by atoms with van der Waals surface area (Å²) in [5.74, 6) is -0.555. The van der Waals surface area contributed by atoms with E-state index in [1.54, 1.807) is 24.3 Å². The largest absolute Gasteiger partial charge is 0.488 e. The van der Waals surface area contributed by atoms with Crippen LogP contribution in [-0.2, 0) is 27.2 Å². The van der Waals surface area contributed by atoms with Crippen LogP contribution in [0.1, 0.15) is 22.3 Å². The third kappa shape index (κ3) is 7.71. The Morgan fingerprint density at radius 2 is 1.82 bits per heavy atom. The first-order valence-corrected chi connectivity index (χ1v) is 13.4. The Bertz CT molecular complexity index is 1310. The van der Waals surface area contributed by atoms with Crippen LogP contribution in [0.4, 0.5) is 0 Å². The average Bonchev–Trinajstić information content (AvgIpc) is 2.74. The molecule has 0 saturated carbocycles. The first kappa shape index (κ1) is 25.5. The van der Waals surface area contributed by atoms with Crippen molar-refractivity contribution in [2.75, 3.05) is 0 Å². The summed E-state index contributed by atoms with van der Waals surface area (Å²) >= 11 is 12.9. The molecule has 33 heavy (non-hydrogen) atoms. The lowest BCUT2D eigenvalue weighted by molar-refractivity contribution is -0.114. The molecule has 0 aromatic heterocycles. The molecule has 0 aliphatic heterocycles. The maximum absolute atomic E-state index is 12.4. The van der Waals surface area contributed by atoms with Gasteiger partial charge in [-0.25, -0.2) is 13.1 Å². The van der Waals surface area contributed by atoms with Crippen LogP contribution in [0.3, 0.4) is 0 Å². The van der Waals surface area contributed by atoms with Gasteiger partial charge in [0.25, 0.3) is 5.91 Å². The standard InChI is InChI=1S/C24H20Br2ClNO4S/c1-16-6-7-19(21(26)12-16)15-33(30,31)28-24(29)11-8-17-13-20(25)9-10-23(17)32-14-18-4-2-3-5-22(18)27/h2-13H,14-15H2,1H3,(H,28,29)/b11-8+. The molecule has 3 rings (SSSR count). The third-order valence-corrected chi connectivity index (χ3v) is 7.34. The Morgan fingerprint density at radius 3 is 2.55 bits per heavy atom. The van der Waals surface area contributed by atoms with Gasteiger partial charge in [-0.1, -0.05) is 73.8 Å². The molecule has 0 spiro atoms. The normalized spacial score (nSPS) is 11.5. The van der Waals surface area contributed by atoms with Crippen LogP contribution in [0.15, 0.2) is 75.7 Å². The maximum atomic E-state index is 12.4. The summed E-state index contributed by atoms with van der Waals surface area (Å²) in [5.41, 5.74) is 2.98. The third-order valence-electron chi connectivity index (χ3n) is 4.54. The molecule has 172 valence electrons. The first-order chi connectivity index (χ1) is 15.6. The van der Waals surface area contributed by atoms with Crippen LogP contribution < -0.4 is 9.46 Å². The van der Waals surface area contributed by atoms with Gasteiger partial charge >= 0.3 is 0 Å². The van der Waals surface area contributed by atoms with Crippen LogP contribution in [-0.4, -0.2) is 14.3 Å². The van der Waals surface area contributed by atoms with Crippen molar-refractivity contribution in [1.29, 1.82) is 0 Å². The molecule has 9 heteroatoms. The van der Waals surface area contributed by atoms with Gasteiger partial charge in [0.1, 0.15) is 12.4 Å². The Hall–Kier alpha value is -2.13. The second kappa shape index (κ2) is 11.3. The topological polar surface area (TPSA) is 72.5 Å². The molecule has 5 nitrogen and oxygen atoms in total. The van der Waals surface area contributed by atoms with Gasteiger partial charge in [0.15, 0.2) is 0 Å². The monoisotopic (exact) mass is 611 g/mol. The molecular weight excluding hydrogens is 594 g/mol. The highest BCUT2D eigenvalue weighted by Gasteiger charge is 2.16. The number of hydrogen-bond donors (Lipinski definition) is 1. The molecule has 0 heterocycles. The molecule has 3 aromatic rings. The molecule has 0 atom stereocenters. The number of ether oxygens (including phenoxy) is 1. The van der Waals surface area contributed by atoms with Crippen LogP contribution in [0.25, 0.3) is 6.08 Å². The lowest BCUT2D eigenvalue weighted by atomic mass is 10.2. The predicted octanol–water partition coefficient (Wildman–Crippen LogP) is 6.41. The Balaban J connectivity index is 1.69. The number of benzene rings is 3. The van der Waals surface area contributed by atoms with Crippen molar-refractivity contribution in [1.82, 2.24) is 4.72 Å². The fourth-order valence-electron chi connectivity index (χ4n) is 2.91. The SMILES string of the molecule is Cc1ccc(CS(=O)(=O)NC(=O)/C=C/c2cc(Br)ccc2OCc2ccccc2Cl)c(Br)c1. The number of aryl methyl sites for hydroxylation is 1. The summed E-state index contributed by atoms with van der Waals surface area (Å²) in [6, 6.07) is 18.0. The molecule has 3 aromatic carbocycles. The zero-order chi connectivity index (χ0) is 24.0. The summed E-state index contributed by atoms with van der Waals surface area (Å²) in [6.07, 6.45) is 2.66. The van der Waals surface area contributed by atoms with Gasteiger partial charge in [-0.2, -0.15) is 0 Å². The number of hydrogen-bond acceptors (Lipinski definition) is 4. The minimum atomic E-state index is -3.88. The lowest BCUT2D eigenvalue weighted by Gasteiger charge is -2.11. The minimum absolute atomic E-state index is 0.244. The van der Waals surface area contributed by atoms with Crippen LogP contribution in [0.2, 0.25) is 5.02 Å². The highest BCUT2D eigenvalue weighted by Crippen LogP contribution is 2.26. The molecule has 0 fully saturated rings. The van der Waals surface area contributed by atoms with Crippen molar-refractivity contribution < 1.29 is 17.9 Å². The van der Waals surface area contributed by atoms with Crippen LogP contribution in [0, 0.1) is 6.92 Å². The molecule has 0 saturated heterocycles. The van der Waals surface area contributed by atoms with E-state index in [1.165, 1.54) is 6.08 Å². The van der Waals surface area contributed by atoms with Crippen LogP contribution >= 0.6 is 43.5 Å². The molecule has 1 N–H and O–H groups in total. The van der Waals surface area contributed by atoms with E-state index >= 15 is 0 Å². The number of nitrogens with one attached hydrogen (secondary N) is 1. The summed E-state index contributed by atoms with van der Waals surface area (Å²) in [7, 11) is -3.88. The molecule has 0 aliphatic carbocycles. The maximum Gasteiger partial charge on any atom is 0.257 e. The molecule has 0 radical (unpaired) electrons. The molecule has 0 bridgehead atoms. The summed E-state index contributed by atoms with van der Waals surface area (Å²) in [6.45, 7) is 2.15. The van der Waals surface area contributed by atoms with Crippen molar-refractivity contribution in [3.05, 3.63) is 103 Å². The quantitative estimate of drug-likeness (QED) is 0.298. The minimum Gasteiger partial charge on any atom is -0.488 e. The fraction of sp³-hybridized carbons (Fsp3) is 0.125. The number of amides is 1. The van der Waals surface area contributed by atoms with E-state index in [-0.39, 0.29) is 12.4 Å². The van der Waals surface area contributed by atoms with E-state index in [1.807, 2.05) is 43.3 Å². The van der Waals surface area contributed by atoms with Crippen molar-refractivity contribution in [3.8, 4) is 5.75 Å².